The average Bonchev–Trinajstić information content (AvgIpc) is 0.780. The van der Waals surface area contributed by atoms with Crippen LogP contribution in [0.2, 0.25) is 0 Å². The highest BCUT2D eigenvalue weighted by atomic mass is 16.8. The van der Waals surface area contributed by atoms with E-state index in [2.05, 4.69) is 0 Å². The largest absolute Gasteiger partial charge is 0.382 e. The molecule has 1 aromatic rings. The highest BCUT2D eigenvalue weighted by Crippen LogP contribution is 2.43. The number of ether oxygens (including phenoxy) is 30. The van der Waals surface area contributed by atoms with Gasteiger partial charge in [-0.2, -0.15) is 0 Å². The van der Waals surface area contributed by atoms with Gasteiger partial charge >= 0.3 is 0 Å². The van der Waals surface area contributed by atoms with Gasteiger partial charge in [-0.3, -0.25) is 0 Å². The third-order valence-electron chi connectivity index (χ3n) is 18.0. The second-order valence-electron chi connectivity index (χ2n) is 22.9. The quantitative estimate of drug-likeness (QED) is 0.150. The van der Waals surface area contributed by atoms with Crippen molar-refractivity contribution < 1.29 is 142 Å². The molecule has 0 unspecified atom stereocenters. The minimum atomic E-state index is -1.21. The fraction of sp³-hybridized carbons (Fsp3) is 0.900. The fourth-order valence-electron chi connectivity index (χ4n) is 13.8. The summed E-state index contributed by atoms with van der Waals surface area (Å²) in [5, 5.41) is 0. The van der Waals surface area contributed by atoms with Crippen LogP contribution in [0.1, 0.15) is 11.1 Å². The molecule has 22 fully saturated rings. The van der Waals surface area contributed by atoms with E-state index in [1.165, 1.54) is 92.4 Å². The Labute approximate surface area is 526 Å². The van der Waals surface area contributed by atoms with E-state index in [9.17, 15) is 0 Å². The molecule has 30 heteroatoms. The molecule has 1 aromatic carbocycles. The molecule has 0 N–H and O–H groups in total. The van der Waals surface area contributed by atoms with Crippen molar-refractivity contribution in [2.45, 2.75) is 197 Å². The Morgan fingerprint density at radius 3 is 0.700 bits per heavy atom. The molecule has 0 radical (unpaired) electrons. The molecule has 24 rings (SSSR count). The molecule has 22 saturated heterocycles. The molecule has 30 atom stereocenters. The smallest absolute Gasteiger partial charge is 0.187 e. The van der Waals surface area contributed by atoms with Gasteiger partial charge < -0.3 is 142 Å². The van der Waals surface area contributed by atoms with Crippen LogP contribution < -0.4 is 0 Å². The highest BCUT2D eigenvalue weighted by Gasteiger charge is 2.61. The summed E-state index contributed by atoms with van der Waals surface area (Å²) in [6.45, 7) is 0.238. The lowest BCUT2D eigenvalue weighted by atomic mass is 9.94. The van der Waals surface area contributed by atoms with Crippen LogP contribution >= 0.6 is 0 Å². The number of fused-ring (bicyclic) bond motifs is 1. The van der Waals surface area contributed by atoms with E-state index < -0.39 is 184 Å². The standard InChI is InChI=1S/C60H98O30/c1-61-23-31-37-43(67-7)49(72-12)55(79-31)86-38-32(24-62-2)81-57(51(74-14)44(38)68-8)88-40-34(26-64-4)83-59(53(76-16)46(40)70-10)90-42-36(28-66-6)84-60(54-48(42)77-21-29-19-17-18-20-30(29)22-78-54)89-41-35(27-65-5)82-58(52(75-15)47(41)71-11)87-39-33(25-63-3)80-56(85-37)50(73-13)45(39)69-9/h17-20,31-60H,21-28H2,1-16H3/t31-,32-,33-,34-,35-,36-,37-,38-,39-,40-,41-,42-,43+,44+,45+,46+,47+,48+,49-,50-,51-,52-,53-,54-,55-,56-,57-,58-,59-,60-/m1/s1. The van der Waals surface area contributed by atoms with Crippen LogP contribution in [0.3, 0.4) is 0 Å². The molecule has 23 aliphatic heterocycles. The Balaban J connectivity index is 1.16. The lowest BCUT2D eigenvalue weighted by Gasteiger charge is -2.53. The molecular weight excluding hydrogens is 1200 g/mol. The maximum absolute atomic E-state index is 7.20. The van der Waals surface area contributed by atoms with Gasteiger partial charge in [0, 0.05) is 114 Å². The van der Waals surface area contributed by atoms with Gasteiger partial charge in [0.1, 0.15) is 146 Å². The fourth-order valence-corrected chi connectivity index (χ4v) is 13.8. The molecule has 0 amide bonds. The summed E-state index contributed by atoms with van der Waals surface area (Å²) in [4.78, 5) is 0. The molecule has 12 bridgehead atoms. The van der Waals surface area contributed by atoms with Gasteiger partial charge in [0.2, 0.25) is 0 Å². The lowest BCUT2D eigenvalue weighted by molar-refractivity contribution is -0.411. The van der Waals surface area contributed by atoms with Crippen molar-refractivity contribution >= 4 is 0 Å². The van der Waals surface area contributed by atoms with Crippen LogP contribution in [0.5, 0.6) is 0 Å². The van der Waals surface area contributed by atoms with Gasteiger partial charge in [-0.1, -0.05) is 24.3 Å². The first kappa shape index (κ1) is 72.3. The van der Waals surface area contributed by atoms with E-state index >= 15 is 0 Å². The molecule has 90 heavy (non-hydrogen) atoms. The van der Waals surface area contributed by atoms with Crippen LogP contribution in [0.25, 0.3) is 0 Å². The molecule has 518 valence electrons. The first-order valence-corrected chi connectivity index (χ1v) is 30.3. The minimum Gasteiger partial charge on any atom is -0.382 e. The molecule has 0 aliphatic carbocycles. The highest BCUT2D eigenvalue weighted by molar-refractivity contribution is 5.26. The number of methoxy groups -OCH3 is 16. The topological polar surface area (TPSA) is 277 Å². The molecule has 0 aromatic heterocycles. The van der Waals surface area contributed by atoms with E-state index in [4.69, 9.17) is 142 Å². The zero-order valence-electron chi connectivity index (χ0n) is 54.5. The van der Waals surface area contributed by atoms with E-state index in [1.807, 2.05) is 24.3 Å². The second kappa shape index (κ2) is 34.8. The Bertz CT molecular complexity index is 2230. The number of rotatable bonds is 22. The average molecular weight is 1300 g/mol. The molecule has 30 nitrogen and oxygen atoms in total. The number of hydrogen-bond donors (Lipinski definition) is 0. The maximum Gasteiger partial charge on any atom is 0.187 e. The normalized spacial score (nSPS) is 44.5. The van der Waals surface area contributed by atoms with Crippen molar-refractivity contribution in [1.29, 1.82) is 0 Å². The monoisotopic (exact) mass is 1300 g/mol. The Hall–Kier alpha value is -1.98. The Morgan fingerprint density at radius 1 is 0.244 bits per heavy atom. The first-order valence-electron chi connectivity index (χ1n) is 30.3. The SMILES string of the molecule is COC[C@H]1O[C@@H]2O[C@H]3[C@H](OC)[C@@H](OC)[C@@H](O[C@H]4[C@H](OC)[C@@H](OC)[C@@H](O[C@H]5[C@@H]6OCc7ccccc7CO[C@H]6[C@@H](O[C@H]6[C@H](OC)[C@@H](OC)[C@@H](O[C@H]7[C@H](OC)[C@@H](OC)[C@@H](O[C@H]1[C@H](OC)[C@H]2OC)O[C@@H]7COC)O[C@@H]6COC)O[C@@H]5COC)O[C@@H]4COC)O[C@@H]3COC. The maximum atomic E-state index is 7.20. The summed E-state index contributed by atoms with van der Waals surface area (Å²) in [5.41, 5.74) is 1.81. The predicted octanol–water partition coefficient (Wildman–Crippen LogP) is 0.173. The Morgan fingerprint density at radius 2 is 0.456 bits per heavy atom. The molecule has 0 spiro atoms. The summed E-state index contributed by atoms with van der Waals surface area (Å²) in [6, 6.07) is 7.84. The minimum absolute atomic E-state index is 0.0104. The second-order valence-corrected chi connectivity index (χ2v) is 22.9. The van der Waals surface area contributed by atoms with Crippen LogP contribution in [0, 0.1) is 0 Å². The predicted molar refractivity (Wildman–Crippen MR) is 304 cm³/mol. The van der Waals surface area contributed by atoms with Crippen LogP contribution in [0.4, 0.5) is 0 Å². The van der Waals surface area contributed by atoms with Crippen molar-refractivity contribution in [3.63, 3.8) is 0 Å². The van der Waals surface area contributed by atoms with E-state index in [1.54, 1.807) is 21.3 Å². The van der Waals surface area contributed by atoms with Gasteiger partial charge in [0.15, 0.2) is 37.7 Å². The first-order chi connectivity index (χ1) is 43.9. The van der Waals surface area contributed by atoms with Gasteiger partial charge in [-0.15, -0.1) is 0 Å². The van der Waals surface area contributed by atoms with Crippen molar-refractivity contribution in [3.8, 4) is 0 Å². The summed E-state index contributed by atoms with van der Waals surface area (Å²) in [7, 11) is 24.5. The van der Waals surface area contributed by atoms with Gasteiger partial charge in [-0.25, -0.2) is 0 Å². The van der Waals surface area contributed by atoms with Crippen molar-refractivity contribution in [3.05, 3.63) is 35.4 Å². The third-order valence-corrected chi connectivity index (χ3v) is 18.0. The lowest BCUT2D eigenvalue weighted by Crippen LogP contribution is -2.70. The summed E-state index contributed by atoms with van der Waals surface area (Å²) >= 11 is 0. The zero-order chi connectivity index (χ0) is 64.2. The van der Waals surface area contributed by atoms with Gasteiger partial charge in [0.25, 0.3) is 0 Å². The zero-order valence-corrected chi connectivity index (χ0v) is 54.5. The van der Waals surface area contributed by atoms with Gasteiger partial charge in [-0.05, 0) is 11.1 Å². The summed E-state index contributed by atoms with van der Waals surface area (Å²) in [6.07, 6.45) is -30.0. The van der Waals surface area contributed by atoms with Crippen molar-refractivity contribution in [2.75, 3.05) is 153 Å². The van der Waals surface area contributed by atoms with Crippen molar-refractivity contribution in [1.82, 2.24) is 0 Å². The summed E-state index contributed by atoms with van der Waals surface area (Å²) < 4.78 is 196. The number of hydrogen-bond acceptors (Lipinski definition) is 30. The van der Waals surface area contributed by atoms with E-state index in [-0.39, 0.29) is 52.9 Å². The molecule has 23 aliphatic rings. The third kappa shape index (κ3) is 15.4. The molecule has 0 saturated carbocycles. The van der Waals surface area contributed by atoms with Crippen LogP contribution in [-0.2, 0) is 155 Å². The van der Waals surface area contributed by atoms with Gasteiger partial charge in [0.05, 0.1) is 52.9 Å². The van der Waals surface area contributed by atoms with E-state index in [0.717, 1.165) is 11.1 Å². The van der Waals surface area contributed by atoms with E-state index in [0.29, 0.717) is 0 Å². The molecule has 23 heterocycles. The molecular formula is C60H98O30. The number of benzene rings is 1. The van der Waals surface area contributed by atoms with Crippen LogP contribution in [0.15, 0.2) is 24.3 Å². The van der Waals surface area contributed by atoms with Crippen LogP contribution in [-0.4, -0.2) is 338 Å². The Kier molecular flexibility index (Phi) is 28.0. The summed E-state index contributed by atoms with van der Waals surface area (Å²) in [5.74, 6) is 0. The van der Waals surface area contributed by atoms with Crippen molar-refractivity contribution in [2.24, 2.45) is 0 Å².